The fourth-order valence-corrected chi connectivity index (χ4v) is 3.72. The summed E-state index contributed by atoms with van der Waals surface area (Å²) in [6.45, 7) is 1.37. The number of carbonyl (C=O) groups is 3. The third-order valence-corrected chi connectivity index (χ3v) is 4.75. The van der Waals surface area contributed by atoms with E-state index in [2.05, 4.69) is 15.4 Å². The number of rotatable bonds is 6. The Bertz CT molecular complexity index is 440. The molecule has 2 amide bonds. The summed E-state index contributed by atoms with van der Waals surface area (Å²) in [7, 11) is 1.20. The highest BCUT2D eigenvalue weighted by molar-refractivity contribution is 5.82. The number of hydrogen-bond donors (Lipinski definition) is 2. The summed E-state index contributed by atoms with van der Waals surface area (Å²) in [4.78, 5) is 33.9. The van der Waals surface area contributed by atoms with Gasteiger partial charge in [0.05, 0.1) is 7.11 Å². The number of carbonyl (C=O) groups excluding carboxylic acids is 3. The first-order valence-electron chi connectivity index (χ1n) is 7.76. The van der Waals surface area contributed by atoms with Crippen molar-refractivity contribution in [3.63, 3.8) is 0 Å². The van der Waals surface area contributed by atoms with Crippen LogP contribution in [0.1, 0.15) is 32.6 Å². The van der Waals surface area contributed by atoms with Gasteiger partial charge in [0.25, 0.3) is 5.91 Å². The molecule has 0 aromatic carbocycles. The van der Waals surface area contributed by atoms with Crippen LogP contribution in [0.25, 0.3) is 0 Å². The molecule has 22 heavy (non-hydrogen) atoms. The molecule has 2 aliphatic carbocycles. The van der Waals surface area contributed by atoms with Crippen LogP contribution in [-0.2, 0) is 19.1 Å². The van der Waals surface area contributed by atoms with E-state index in [1.807, 2.05) is 6.92 Å². The highest BCUT2D eigenvalue weighted by atomic mass is 16.5. The first-order valence-corrected chi connectivity index (χ1v) is 7.76. The van der Waals surface area contributed by atoms with E-state index in [9.17, 15) is 14.4 Å². The molecule has 0 aromatic heterocycles. The fourth-order valence-electron chi connectivity index (χ4n) is 3.72. The second kappa shape index (κ2) is 7.47. The third kappa shape index (κ3) is 4.35. The molecule has 2 bridgehead atoms. The second-order valence-electron chi connectivity index (χ2n) is 6.20. The predicted octanol–water partition coefficient (Wildman–Crippen LogP) is 0.826. The van der Waals surface area contributed by atoms with Crippen molar-refractivity contribution in [2.75, 3.05) is 20.3 Å². The van der Waals surface area contributed by atoms with Crippen molar-refractivity contribution >= 4 is 18.0 Å². The van der Waals surface area contributed by atoms with Gasteiger partial charge >= 0.3 is 12.1 Å². The lowest BCUT2D eigenvalue weighted by atomic mass is 9.84. The van der Waals surface area contributed by atoms with Crippen molar-refractivity contribution < 1.29 is 23.9 Å². The van der Waals surface area contributed by atoms with E-state index in [-0.39, 0.29) is 25.1 Å². The van der Waals surface area contributed by atoms with Gasteiger partial charge in [0.2, 0.25) is 0 Å². The molecular weight excluding hydrogens is 288 g/mol. The topological polar surface area (TPSA) is 93.7 Å². The monoisotopic (exact) mass is 312 g/mol. The van der Waals surface area contributed by atoms with E-state index in [0.717, 1.165) is 11.8 Å². The lowest BCUT2D eigenvalue weighted by Crippen LogP contribution is -2.42. The van der Waals surface area contributed by atoms with Crippen LogP contribution in [0.3, 0.4) is 0 Å². The van der Waals surface area contributed by atoms with Crippen molar-refractivity contribution in [3.05, 3.63) is 0 Å². The summed E-state index contributed by atoms with van der Waals surface area (Å²) in [6.07, 6.45) is 4.36. The molecule has 2 N–H and O–H groups in total. The number of amides is 2. The van der Waals surface area contributed by atoms with Crippen molar-refractivity contribution in [3.8, 4) is 0 Å². The Kier molecular flexibility index (Phi) is 5.63. The Morgan fingerprint density at radius 2 is 2.00 bits per heavy atom. The molecule has 0 unspecified atom stereocenters. The quantitative estimate of drug-likeness (QED) is 0.708. The molecule has 0 saturated heterocycles. The molecular formula is C15H24N2O5. The van der Waals surface area contributed by atoms with Gasteiger partial charge < -0.3 is 20.1 Å². The first-order chi connectivity index (χ1) is 10.5. The van der Waals surface area contributed by atoms with E-state index >= 15 is 0 Å². The maximum Gasteiger partial charge on any atom is 0.407 e. The molecule has 2 aliphatic rings. The zero-order valence-electron chi connectivity index (χ0n) is 13.1. The van der Waals surface area contributed by atoms with Gasteiger partial charge in [-0.15, -0.1) is 0 Å². The molecule has 0 radical (unpaired) electrons. The standard InChI is InChI=1S/C15H24N2O5/c1-9(12-6-10-3-4-11(12)5-10)17-13(18)8-22-14(19)7-16-15(20)21-2/h9-12H,3-8H2,1-2H3,(H,16,20)(H,17,18)/t9-,10+,11+,12+/m1/s1. The molecule has 0 aliphatic heterocycles. The molecule has 2 fully saturated rings. The van der Waals surface area contributed by atoms with Gasteiger partial charge in [0.15, 0.2) is 6.61 Å². The largest absolute Gasteiger partial charge is 0.454 e. The zero-order valence-corrected chi connectivity index (χ0v) is 13.1. The molecule has 4 atom stereocenters. The normalized spacial score (nSPS) is 27.1. The maximum absolute atomic E-state index is 11.8. The zero-order chi connectivity index (χ0) is 16.1. The molecule has 2 saturated carbocycles. The number of nitrogens with one attached hydrogen (secondary N) is 2. The molecule has 7 nitrogen and oxygen atoms in total. The van der Waals surface area contributed by atoms with Gasteiger partial charge in [0, 0.05) is 6.04 Å². The smallest absolute Gasteiger partial charge is 0.407 e. The summed E-state index contributed by atoms with van der Waals surface area (Å²) in [5.74, 6) is 1.12. The Hall–Kier alpha value is -1.79. The van der Waals surface area contributed by atoms with E-state index in [0.29, 0.717) is 5.92 Å². The number of methoxy groups -OCH3 is 1. The van der Waals surface area contributed by atoms with Crippen molar-refractivity contribution in [1.82, 2.24) is 10.6 Å². The van der Waals surface area contributed by atoms with Crippen LogP contribution in [0.2, 0.25) is 0 Å². The van der Waals surface area contributed by atoms with E-state index in [1.54, 1.807) is 0 Å². The molecule has 0 spiro atoms. The average molecular weight is 312 g/mol. The molecule has 2 rings (SSSR count). The SMILES string of the molecule is COC(=O)NCC(=O)OCC(=O)N[C@H](C)[C@@H]1C[C@H]2CC[C@H]1C2. The maximum atomic E-state index is 11.8. The Morgan fingerprint density at radius 3 is 2.59 bits per heavy atom. The highest BCUT2D eigenvalue weighted by Gasteiger charge is 2.42. The number of fused-ring (bicyclic) bond motifs is 2. The first kappa shape index (κ1) is 16.6. The van der Waals surface area contributed by atoms with Crippen molar-refractivity contribution in [2.24, 2.45) is 17.8 Å². The number of ether oxygens (including phenoxy) is 2. The average Bonchev–Trinajstić information content (AvgIpc) is 3.13. The van der Waals surface area contributed by atoms with Crippen LogP contribution in [0.4, 0.5) is 4.79 Å². The fraction of sp³-hybridized carbons (Fsp3) is 0.800. The lowest BCUT2D eigenvalue weighted by Gasteiger charge is -2.28. The summed E-state index contributed by atoms with van der Waals surface area (Å²) in [5, 5.41) is 5.10. The second-order valence-corrected chi connectivity index (χ2v) is 6.20. The minimum absolute atomic E-state index is 0.106. The highest BCUT2D eigenvalue weighted by Crippen LogP contribution is 2.49. The van der Waals surface area contributed by atoms with Crippen LogP contribution < -0.4 is 10.6 Å². The molecule has 7 heteroatoms. The minimum atomic E-state index is -0.716. The van der Waals surface area contributed by atoms with Crippen LogP contribution in [0.5, 0.6) is 0 Å². The van der Waals surface area contributed by atoms with E-state index < -0.39 is 12.1 Å². The van der Waals surface area contributed by atoms with Crippen molar-refractivity contribution in [1.29, 1.82) is 0 Å². The molecule has 0 heterocycles. The Morgan fingerprint density at radius 1 is 1.23 bits per heavy atom. The van der Waals surface area contributed by atoms with Gasteiger partial charge in [0.1, 0.15) is 6.54 Å². The van der Waals surface area contributed by atoms with E-state index in [1.165, 1.54) is 32.8 Å². The van der Waals surface area contributed by atoms with Crippen molar-refractivity contribution in [2.45, 2.75) is 38.6 Å². The van der Waals surface area contributed by atoms with Crippen LogP contribution in [-0.4, -0.2) is 44.3 Å². The number of hydrogen-bond acceptors (Lipinski definition) is 5. The van der Waals surface area contributed by atoms with Crippen LogP contribution in [0, 0.1) is 17.8 Å². The van der Waals surface area contributed by atoms with Gasteiger partial charge in [-0.2, -0.15) is 0 Å². The molecule has 0 aromatic rings. The number of alkyl carbamates (subject to hydrolysis) is 1. The summed E-state index contributed by atoms with van der Waals surface area (Å²) >= 11 is 0. The summed E-state index contributed by atoms with van der Waals surface area (Å²) in [5.41, 5.74) is 0. The summed E-state index contributed by atoms with van der Waals surface area (Å²) < 4.78 is 9.13. The third-order valence-electron chi connectivity index (χ3n) is 4.75. The predicted molar refractivity (Wildman–Crippen MR) is 77.9 cm³/mol. The minimum Gasteiger partial charge on any atom is -0.454 e. The summed E-state index contributed by atoms with van der Waals surface area (Å²) in [6, 6.07) is 0.106. The van der Waals surface area contributed by atoms with Gasteiger partial charge in [-0.25, -0.2) is 4.79 Å². The van der Waals surface area contributed by atoms with Gasteiger partial charge in [-0.3, -0.25) is 9.59 Å². The van der Waals surface area contributed by atoms with Crippen LogP contribution in [0.15, 0.2) is 0 Å². The molecule has 124 valence electrons. The Labute approximate surface area is 130 Å². The number of esters is 1. The lowest BCUT2D eigenvalue weighted by molar-refractivity contribution is -0.147. The van der Waals surface area contributed by atoms with Gasteiger partial charge in [-0.1, -0.05) is 6.42 Å². The van der Waals surface area contributed by atoms with Crippen LogP contribution >= 0.6 is 0 Å². The van der Waals surface area contributed by atoms with E-state index in [4.69, 9.17) is 4.74 Å². The van der Waals surface area contributed by atoms with Gasteiger partial charge in [-0.05, 0) is 43.9 Å². The Balaban J connectivity index is 1.63.